The van der Waals surface area contributed by atoms with Gasteiger partial charge < -0.3 is 10.2 Å². The van der Waals surface area contributed by atoms with Crippen molar-refractivity contribution < 1.29 is 18.0 Å². The maximum absolute atomic E-state index is 13.9. The van der Waals surface area contributed by atoms with Gasteiger partial charge in [0.2, 0.25) is 11.8 Å². The average Bonchev–Trinajstić information content (AvgIpc) is 2.88. The number of anilines is 1. The van der Waals surface area contributed by atoms with Crippen molar-refractivity contribution in [1.82, 2.24) is 10.2 Å². The molecule has 1 atom stereocenters. The predicted molar refractivity (Wildman–Crippen MR) is 151 cm³/mol. The molecule has 0 aliphatic heterocycles. The molecule has 0 aliphatic carbocycles. The first kappa shape index (κ1) is 28.9. The molecule has 202 valence electrons. The lowest BCUT2D eigenvalue weighted by atomic mass is 10.1. The lowest BCUT2D eigenvalue weighted by molar-refractivity contribution is -0.139. The fraction of sp³-hybridized carbons (Fsp3) is 0.333. The third-order valence-corrected chi connectivity index (χ3v) is 8.13. The first-order valence-electron chi connectivity index (χ1n) is 12.8. The number of hydrogen-bond donors (Lipinski definition) is 1. The number of nitrogens with zero attached hydrogens (tertiary/aromatic N) is 2. The van der Waals surface area contributed by atoms with Gasteiger partial charge in [0.05, 0.1) is 10.6 Å². The standard InChI is InChI=1S/C30H37N3O4S/c1-22(2)31-30(35)25(5)32(20-19-26-12-7-6-8-13-26)29(34)21-33(28-14-10-9-11-24(28)4)38(36,37)27-17-15-23(3)16-18-27/h6-18,22,25H,19-21H2,1-5H3,(H,31,35)/t25-/m1/s1. The van der Waals surface area contributed by atoms with Crippen molar-refractivity contribution in [3.63, 3.8) is 0 Å². The molecule has 38 heavy (non-hydrogen) atoms. The highest BCUT2D eigenvalue weighted by Gasteiger charge is 2.33. The minimum atomic E-state index is -4.07. The number of hydrogen-bond acceptors (Lipinski definition) is 4. The molecular weight excluding hydrogens is 498 g/mol. The van der Waals surface area contributed by atoms with Gasteiger partial charge in [-0.15, -0.1) is 0 Å². The molecule has 1 N–H and O–H groups in total. The van der Waals surface area contributed by atoms with Gasteiger partial charge in [-0.25, -0.2) is 8.42 Å². The molecule has 0 aromatic heterocycles. The van der Waals surface area contributed by atoms with Gasteiger partial charge in [0, 0.05) is 12.6 Å². The highest BCUT2D eigenvalue weighted by atomic mass is 32.2. The van der Waals surface area contributed by atoms with Gasteiger partial charge >= 0.3 is 0 Å². The van der Waals surface area contributed by atoms with Gasteiger partial charge in [-0.05, 0) is 70.4 Å². The van der Waals surface area contributed by atoms with Gasteiger partial charge in [-0.1, -0.05) is 66.2 Å². The Morgan fingerprint density at radius 2 is 1.45 bits per heavy atom. The van der Waals surface area contributed by atoms with Crippen molar-refractivity contribution in [2.45, 2.75) is 58.0 Å². The first-order valence-corrected chi connectivity index (χ1v) is 14.2. The maximum atomic E-state index is 13.9. The summed E-state index contributed by atoms with van der Waals surface area (Å²) in [5, 5.41) is 2.87. The SMILES string of the molecule is Cc1ccc(S(=O)(=O)N(CC(=O)N(CCc2ccccc2)[C@H](C)C(=O)NC(C)C)c2ccccc2C)cc1. The lowest BCUT2D eigenvalue weighted by Gasteiger charge is -2.32. The van der Waals surface area contributed by atoms with Crippen LogP contribution in [0.2, 0.25) is 0 Å². The molecule has 0 bridgehead atoms. The van der Waals surface area contributed by atoms with Crippen LogP contribution in [-0.2, 0) is 26.0 Å². The second-order valence-electron chi connectivity index (χ2n) is 9.77. The molecule has 0 spiro atoms. The van der Waals surface area contributed by atoms with E-state index in [2.05, 4.69) is 5.32 Å². The van der Waals surface area contributed by atoms with Crippen LogP contribution in [-0.4, -0.2) is 50.3 Å². The minimum absolute atomic E-state index is 0.0959. The normalized spacial score (nSPS) is 12.2. The number of carbonyl (C=O) groups is 2. The summed E-state index contributed by atoms with van der Waals surface area (Å²) in [6.45, 7) is 8.91. The van der Waals surface area contributed by atoms with E-state index in [0.29, 0.717) is 12.1 Å². The van der Waals surface area contributed by atoms with E-state index in [4.69, 9.17) is 0 Å². The Labute approximate surface area is 226 Å². The van der Waals surface area contributed by atoms with Crippen LogP contribution < -0.4 is 9.62 Å². The van der Waals surface area contributed by atoms with Crippen molar-refractivity contribution in [1.29, 1.82) is 0 Å². The van der Waals surface area contributed by atoms with E-state index >= 15 is 0 Å². The number of para-hydroxylation sites is 1. The Balaban J connectivity index is 1.99. The maximum Gasteiger partial charge on any atom is 0.264 e. The largest absolute Gasteiger partial charge is 0.352 e. The van der Waals surface area contributed by atoms with E-state index < -0.39 is 28.5 Å². The van der Waals surface area contributed by atoms with Crippen molar-refractivity contribution in [2.75, 3.05) is 17.4 Å². The molecule has 8 heteroatoms. The van der Waals surface area contributed by atoms with Gasteiger partial charge in [-0.3, -0.25) is 13.9 Å². The third-order valence-electron chi connectivity index (χ3n) is 6.35. The molecule has 3 rings (SSSR count). The molecule has 0 heterocycles. The monoisotopic (exact) mass is 535 g/mol. The van der Waals surface area contributed by atoms with E-state index in [9.17, 15) is 18.0 Å². The van der Waals surface area contributed by atoms with Gasteiger partial charge in [0.1, 0.15) is 12.6 Å². The number of nitrogens with one attached hydrogen (secondary N) is 1. The number of benzene rings is 3. The molecule has 0 radical (unpaired) electrons. The summed E-state index contributed by atoms with van der Waals surface area (Å²) in [6.07, 6.45) is 0.529. The molecule has 0 fully saturated rings. The zero-order chi connectivity index (χ0) is 27.9. The Morgan fingerprint density at radius 1 is 0.842 bits per heavy atom. The Kier molecular flexibility index (Phi) is 9.69. The van der Waals surface area contributed by atoms with Gasteiger partial charge in [0.25, 0.3) is 10.0 Å². The van der Waals surface area contributed by atoms with Crippen molar-refractivity contribution in [2.24, 2.45) is 0 Å². The molecule has 0 saturated carbocycles. The Morgan fingerprint density at radius 3 is 2.05 bits per heavy atom. The Hall–Kier alpha value is -3.65. The van der Waals surface area contributed by atoms with Crippen LogP contribution in [0.3, 0.4) is 0 Å². The summed E-state index contributed by atoms with van der Waals surface area (Å²) in [6, 6.07) is 22.4. The minimum Gasteiger partial charge on any atom is -0.352 e. The number of carbonyl (C=O) groups excluding carboxylic acids is 2. The quantitative estimate of drug-likeness (QED) is 0.392. The van der Waals surface area contributed by atoms with E-state index in [1.54, 1.807) is 43.3 Å². The second kappa shape index (κ2) is 12.7. The van der Waals surface area contributed by atoms with E-state index in [-0.39, 0.29) is 23.4 Å². The van der Waals surface area contributed by atoms with E-state index in [0.717, 1.165) is 21.0 Å². The second-order valence-corrected chi connectivity index (χ2v) is 11.6. The molecule has 0 aliphatic rings. The molecule has 0 unspecified atom stereocenters. The first-order chi connectivity index (χ1) is 18.0. The predicted octanol–water partition coefficient (Wildman–Crippen LogP) is 4.48. The van der Waals surface area contributed by atoms with Crippen molar-refractivity contribution in [3.05, 3.63) is 95.6 Å². The summed E-state index contributed by atoms with van der Waals surface area (Å²) in [4.78, 5) is 28.4. The fourth-order valence-corrected chi connectivity index (χ4v) is 5.65. The number of amides is 2. The molecular formula is C30H37N3O4S. The third kappa shape index (κ3) is 7.22. The summed E-state index contributed by atoms with van der Waals surface area (Å²) in [5.74, 6) is -0.739. The molecule has 3 aromatic rings. The van der Waals surface area contributed by atoms with E-state index in [1.807, 2.05) is 70.2 Å². The molecule has 7 nitrogen and oxygen atoms in total. The summed E-state index contributed by atoms with van der Waals surface area (Å²) >= 11 is 0. The van der Waals surface area contributed by atoms with Crippen LogP contribution in [0.15, 0.2) is 83.8 Å². The molecule has 3 aromatic carbocycles. The van der Waals surface area contributed by atoms with Gasteiger partial charge in [0.15, 0.2) is 0 Å². The highest BCUT2D eigenvalue weighted by molar-refractivity contribution is 7.92. The van der Waals surface area contributed by atoms with Gasteiger partial charge in [-0.2, -0.15) is 0 Å². The number of aryl methyl sites for hydroxylation is 2. The average molecular weight is 536 g/mol. The van der Waals surface area contributed by atoms with Crippen molar-refractivity contribution >= 4 is 27.5 Å². The van der Waals surface area contributed by atoms with Crippen LogP contribution in [0, 0.1) is 13.8 Å². The molecule has 2 amide bonds. The fourth-order valence-electron chi connectivity index (χ4n) is 4.17. The number of sulfonamides is 1. The topological polar surface area (TPSA) is 86.8 Å². The zero-order valence-electron chi connectivity index (χ0n) is 22.7. The number of rotatable bonds is 11. The van der Waals surface area contributed by atoms with Crippen LogP contribution in [0.1, 0.15) is 37.5 Å². The summed E-state index contributed by atoms with van der Waals surface area (Å²) < 4.78 is 28.9. The smallest absolute Gasteiger partial charge is 0.264 e. The Bertz CT molecular complexity index is 1340. The van der Waals surface area contributed by atoms with Crippen LogP contribution in [0.25, 0.3) is 0 Å². The zero-order valence-corrected chi connectivity index (χ0v) is 23.5. The lowest BCUT2D eigenvalue weighted by Crippen LogP contribution is -2.53. The summed E-state index contributed by atoms with van der Waals surface area (Å²) in [5.41, 5.74) is 3.09. The molecule has 0 saturated heterocycles. The summed E-state index contributed by atoms with van der Waals surface area (Å²) in [7, 11) is -4.07. The van der Waals surface area contributed by atoms with Crippen LogP contribution >= 0.6 is 0 Å². The van der Waals surface area contributed by atoms with Crippen molar-refractivity contribution in [3.8, 4) is 0 Å². The van der Waals surface area contributed by atoms with Crippen LogP contribution in [0.4, 0.5) is 5.69 Å². The van der Waals surface area contributed by atoms with Crippen LogP contribution in [0.5, 0.6) is 0 Å². The highest BCUT2D eigenvalue weighted by Crippen LogP contribution is 2.27. The van der Waals surface area contributed by atoms with E-state index in [1.165, 1.54) is 4.90 Å².